The van der Waals surface area contributed by atoms with E-state index in [1.165, 1.54) is 0 Å². The van der Waals surface area contributed by atoms with Crippen molar-refractivity contribution in [1.82, 2.24) is 4.90 Å². The molecule has 4 heteroatoms. The van der Waals surface area contributed by atoms with Crippen molar-refractivity contribution in [1.29, 1.82) is 0 Å². The van der Waals surface area contributed by atoms with Crippen LogP contribution in [0.2, 0.25) is 0 Å². The molecular weight excluding hydrogens is 266 g/mol. The van der Waals surface area contributed by atoms with Gasteiger partial charge in [0.1, 0.15) is 0 Å². The molecule has 0 saturated heterocycles. The third-order valence-electron chi connectivity index (χ3n) is 3.98. The summed E-state index contributed by atoms with van der Waals surface area (Å²) in [5.74, 6) is -0.646. The second kappa shape index (κ2) is 5.72. The SMILES string of the molecule is CN(Cc1cccc(/C=C/C(=O)O)c1)C(=O)C1CC1(C)C. The average Bonchev–Trinajstić information content (AvgIpc) is 3.05. The minimum absolute atomic E-state index is 0.136. The van der Waals surface area contributed by atoms with E-state index in [1.54, 1.807) is 11.0 Å². The van der Waals surface area contributed by atoms with Gasteiger partial charge in [0, 0.05) is 25.6 Å². The van der Waals surface area contributed by atoms with Crippen molar-refractivity contribution < 1.29 is 14.7 Å². The van der Waals surface area contributed by atoms with E-state index < -0.39 is 5.97 Å². The van der Waals surface area contributed by atoms with Crippen LogP contribution in [0.4, 0.5) is 0 Å². The fraction of sp³-hybridized carbons (Fsp3) is 0.412. The molecule has 1 aromatic rings. The summed E-state index contributed by atoms with van der Waals surface area (Å²) in [6, 6.07) is 7.56. The first kappa shape index (κ1) is 15.3. The molecule has 1 N–H and O–H groups in total. The number of nitrogens with zero attached hydrogens (tertiary/aromatic N) is 1. The molecule has 1 unspecified atom stereocenters. The molecule has 21 heavy (non-hydrogen) atoms. The van der Waals surface area contributed by atoms with E-state index in [-0.39, 0.29) is 17.2 Å². The van der Waals surface area contributed by atoms with E-state index in [2.05, 4.69) is 13.8 Å². The van der Waals surface area contributed by atoms with Crippen LogP contribution in [0.1, 0.15) is 31.4 Å². The van der Waals surface area contributed by atoms with Gasteiger partial charge in [-0.05, 0) is 35.1 Å². The monoisotopic (exact) mass is 287 g/mol. The predicted molar refractivity (Wildman–Crippen MR) is 81.5 cm³/mol. The summed E-state index contributed by atoms with van der Waals surface area (Å²) in [5, 5.41) is 8.64. The molecule has 1 saturated carbocycles. The maximum atomic E-state index is 12.3. The lowest BCUT2D eigenvalue weighted by atomic mass is 10.1. The molecule has 112 valence electrons. The first-order valence-electron chi connectivity index (χ1n) is 7.04. The van der Waals surface area contributed by atoms with Gasteiger partial charge in [0.05, 0.1) is 0 Å². The van der Waals surface area contributed by atoms with Crippen molar-refractivity contribution in [3.05, 3.63) is 41.5 Å². The maximum absolute atomic E-state index is 12.3. The highest BCUT2D eigenvalue weighted by atomic mass is 16.4. The Morgan fingerprint density at radius 3 is 2.67 bits per heavy atom. The molecule has 0 radical (unpaired) electrons. The molecular formula is C17H21NO3. The zero-order chi connectivity index (χ0) is 15.6. The Bertz CT molecular complexity index is 589. The number of aliphatic carboxylic acids is 1. The number of hydrogen-bond acceptors (Lipinski definition) is 2. The number of carboxylic acid groups (broad SMARTS) is 1. The first-order chi connectivity index (χ1) is 9.79. The van der Waals surface area contributed by atoms with Gasteiger partial charge in [-0.15, -0.1) is 0 Å². The van der Waals surface area contributed by atoms with Crippen LogP contribution >= 0.6 is 0 Å². The highest BCUT2D eigenvalue weighted by molar-refractivity contribution is 5.85. The van der Waals surface area contributed by atoms with Crippen LogP contribution in [0, 0.1) is 11.3 Å². The molecule has 2 rings (SSSR count). The summed E-state index contributed by atoms with van der Waals surface area (Å²) in [6.45, 7) is 4.77. The zero-order valence-corrected chi connectivity index (χ0v) is 12.7. The fourth-order valence-electron chi connectivity index (χ4n) is 2.47. The largest absolute Gasteiger partial charge is 0.478 e. The smallest absolute Gasteiger partial charge is 0.328 e. The lowest BCUT2D eigenvalue weighted by Crippen LogP contribution is -2.28. The third kappa shape index (κ3) is 3.94. The normalized spacial score (nSPS) is 19.5. The van der Waals surface area contributed by atoms with Crippen LogP contribution in [-0.2, 0) is 16.1 Å². The van der Waals surface area contributed by atoms with Crippen molar-refractivity contribution in [3.8, 4) is 0 Å². The Balaban J connectivity index is 2.01. The Labute approximate surface area is 125 Å². The summed E-state index contributed by atoms with van der Waals surface area (Å²) in [5.41, 5.74) is 1.96. The van der Waals surface area contributed by atoms with E-state index in [0.29, 0.717) is 6.54 Å². The minimum Gasteiger partial charge on any atom is -0.478 e. The van der Waals surface area contributed by atoms with Crippen LogP contribution in [0.15, 0.2) is 30.3 Å². The molecule has 1 aromatic carbocycles. The van der Waals surface area contributed by atoms with Gasteiger partial charge in [0.25, 0.3) is 0 Å². The van der Waals surface area contributed by atoms with Crippen molar-refractivity contribution in [2.45, 2.75) is 26.8 Å². The van der Waals surface area contributed by atoms with E-state index in [9.17, 15) is 9.59 Å². The van der Waals surface area contributed by atoms with Crippen molar-refractivity contribution >= 4 is 18.0 Å². The number of carbonyl (C=O) groups excluding carboxylic acids is 1. The summed E-state index contributed by atoms with van der Waals surface area (Å²) >= 11 is 0. The van der Waals surface area contributed by atoms with Gasteiger partial charge in [0.15, 0.2) is 0 Å². The second-order valence-corrected chi connectivity index (χ2v) is 6.36. The van der Waals surface area contributed by atoms with Crippen molar-refractivity contribution in [2.24, 2.45) is 11.3 Å². The molecule has 1 fully saturated rings. The van der Waals surface area contributed by atoms with Crippen molar-refractivity contribution in [3.63, 3.8) is 0 Å². The molecule has 1 amide bonds. The standard InChI is InChI=1S/C17H21NO3/c1-17(2)10-14(17)16(21)18(3)11-13-6-4-5-12(9-13)7-8-15(19)20/h4-9,14H,10-11H2,1-3H3,(H,19,20)/b8-7+. The van der Waals surface area contributed by atoms with Crippen molar-refractivity contribution in [2.75, 3.05) is 7.05 Å². The summed E-state index contributed by atoms with van der Waals surface area (Å²) in [6.07, 6.45) is 3.62. The van der Waals surface area contributed by atoms with E-state index in [0.717, 1.165) is 23.6 Å². The quantitative estimate of drug-likeness (QED) is 0.847. The number of carboxylic acids is 1. The van der Waals surface area contributed by atoms with Crippen LogP contribution in [0.5, 0.6) is 0 Å². The number of hydrogen-bond donors (Lipinski definition) is 1. The second-order valence-electron chi connectivity index (χ2n) is 6.36. The zero-order valence-electron chi connectivity index (χ0n) is 12.7. The van der Waals surface area contributed by atoms with Crippen LogP contribution < -0.4 is 0 Å². The number of carbonyl (C=O) groups is 2. The van der Waals surface area contributed by atoms with E-state index >= 15 is 0 Å². The van der Waals surface area contributed by atoms with Gasteiger partial charge < -0.3 is 10.0 Å². The Morgan fingerprint density at radius 2 is 2.10 bits per heavy atom. The summed E-state index contributed by atoms with van der Waals surface area (Å²) < 4.78 is 0. The Hall–Kier alpha value is -2.10. The molecule has 0 bridgehead atoms. The minimum atomic E-state index is -0.969. The van der Waals surface area contributed by atoms with Crippen LogP contribution in [0.3, 0.4) is 0 Å². The predicted octanol–water partition coefficient (Wildman–Crippen LogP) is 2.79. The summed E-state index contributed by atoms with van der Waals surface area (Å²) in [4.78, 5) is 24.5. The first-order valence-corrected chi connectivity index (χ1v) is 7.04. The lowest BCUT2D eigenvalue weighted by Gasteiger charge is -2.18. The van der Waals surface area contributed by atoms with Gasteiger partial charge in [-0.3, -0.25) is 4.79 Å². The van der Waals surface area contributed by atoms with Gasteiger partial charge in [-0.1, -0.05) is 32.0 Å². The van der Waals surface area contributed by atoms with Gasteiger partial charge in [0.2, 0.25) is 5.91 Å². The van der Waals surface area contributed by atoms with E-state index in [1.807, 2.05) is 31.3 Å². The van der Waals surface area contributed by atoms with Gasteiger partial charge in [-0.2, -0.15) is 0 Å². The molecule has 4 nitrogen and oxygen atoms in total. The Kier molecular flexibility index (Phi) is 4.16. The average molecular weight is 287 g/mol. The highest BCUT2D eigenvalue weighted by Gasteiger charge is 2.51. The lowest BCUT2D eigenvalue weighted by molar-refractivity contribution is -0.133. The molecule has 1 aliphatic rings. The van der Waals surface area contributed by atoms with Gasteiger partial charge >= 0.3 is 5.97 Å². The molecule has 1 aliphatic carbocycles. The fourth-order valence-corrected chi connectivity index (χ4v) is 2.47. The number of benzene rings is 1. The molecule has 1 atom stereocenters. The maximum Gasteiger partial charge on any atom is 0.328 e. The third-order valence-corrected chi connectivity index (χ3v) is 3.98. The molecule has 0 aromatic heterocycles. The Morgan fingerprint density at radius 1 is 1.43 bits per heavy atom. The summed E-state index contributed by atoms with van der Waals surface area (Å²) in [7, 11) is 1.82. The molecule has 0 spiro atoms. The van der Waals surface area contributed by atoms with Crippen LogP contribution in [-0.4, -0.2) is 28.9 Å². The molecule has 0 aliphatic heterocycles. The van der Waals surface area contributed by atoms with E-state index in [4.69, 9.17) is 5.11 Å². The molecule has 0 heterocycles. The van der Waals surface area contributed by atoms with Gasteiger partial charge in [-0.25, -0.2) is 4.79 Å². The van der Waals surface area contributed by atoms with Crippen LogP contribution in [0.25, 0.3) is 6.08 Å². The topological polar surface area (TPSA) is 57.6 Å². The number of rotatable bonds is 5. The highest BCUT2D eigenvalue weighted by Crippen LogP contribution is 2.52. The number of amides is 1.